The quantitative estimate of drug-likeness (QED) is 0.807. The molecule has 19 heavy (non-hydrogen) atoms. The maximum absolute atomic E-state index is 10.0. The molecular weight excluding hydrogens is 242 g/mol. The molecule has 108 valence electrons. The molecule has 0 bridgehead atoms. The third-order valence-corrected chi connectivity index (χ3v) is 3.40. The Morgan fingerprint density at radius 2 is 1.58 bits per heavy atom. The van der Waals surface area contributed by atoms with Crippen LogP contribution in [0.25, 0.3) is 0 Å². The zero-order valence-corrected chi connectivity index (χ0v) is 12.4. The van der Waals surface area contributed by atoms with Crippen molar-refractivity contribution in [3.05, 3.63) is 30.3 Å². The lowest BCUT2D eigenvalue weighted by molar-refractivity contribution is -0.904. The number of hydrogen-bond donors (Lipinski definition) is 1. The molecule has 0 aliphatic carbocycles. The molecule has 0 unspecified atom stereocenters. The molecule has 1 aromatic rings. The van der Waals surface area contributed by atoms with Crippen molar-refractivity contribution >= 4 is 5.97 Å². The molecule has 0 amide bonds. The largest absolute Gasteiger partial charge is 0.482 e. The van der Waals surface area contributed by atoms with E-state index in [-0.39, 0.29) is 6.61 Å². The topological polar surface area (TPSA) is 46.5 Å². The van der Waals surface area contributed by atoms with Crippen LogP contribution >= 0.6 is 0 Å². The Bertz CT molecular complexity index is 339. The summed E-state index contributed by atoms with van der Waals surface area (Å²) in [6, 6.07) is 8.84. The molecule has 0 saturated heterocycles. The molecule has 4 heteroatoms. The average Bonchev–Trinajstić information content (AvgIpc) is 2.46. The van der Waals surface area contributed by atoms with Gasteiger partial charge < -0.3 is 14.3 Å². The summed E-state index contributed by atoms with van der Waals surface area (Å²) >= 11 is 0. The van der Waals surface area contributed by atoms with E-state index in [0.717, 1.165) is 0 Å². The van der Waals surface area contributed by atoms with Gasteiger partial charge in [0.1, 0.15) is 5.75 Å². The van der Waals surface area contributed by atoms with Gasteiger partial charge in [-0.3, -0.25) is 0 Å². The third kappa shape index (κ3) is 8.21. The smallest absolute Gasteiger partial charge is 0.341 e. The molecular formula is C15H26NO3+. The van der Waals surface area contributed by atoms with E-state index in [2.05, 4.69) is 27.8 Å². The Hall–Kier alpha value is -1.55. The maximum atomic E-state index is 10.0. The van der Waals surface area contributed by atoms with Gasteiger partial charge in [0.15, 0.2) is 6.61 Å². The maximum Gasteiger partial charge on any atom is 0.341 e. The predicted molar refractivity (Wildman–Crippen MR) is 77.4 cm³/mol. The predicted octanol–water partition coefficient (Wildman–Crippen LogP) is 2.64. The Morgan fingerprint density at radius 1 is 1.11 bits per heavy atom. The van der Waals surface area contributed by atoms with Crippen LogP contribution in [0.1, 0.15) is 20.8 Å². The number of ether oxygens (including phenoxy) is 1. The average molecular weight is 268 g/mol. The van der Waals surface area contributed by atoms with Gasteiger partial charge in [0, 0.05) is 0 Å². The number of carbonyl (C=O) groups is 1. The highest BCUT2D eigenvalue weighted by atomic mass is 16.5. The van der Waals surface area contributed by atoms with E-state index in [1.807, 2.05) is 6.07 Å². The summed E-state index contributed by atoms with van der Waals surface area (Å²) in [5, 5.41) is 8.25. The van der Waals surface area contributed by atoms with Crippen LogP contribution in [-0.2, 0) is 4.79 Å². The Labute approximate surface area is 116 Å². The lowest BCUT2D eigenvalue weighted by Gasteiger charge is -2.30. The highest BCUT2D eigenvalue weighted by molar-refractivity contribution is 5.68. The Balaban J connectivity index is 0.000000362. The van der Waals surface area contributed by atoms with Gasteiger partial charge in [-0.15, -0.1) is 0 Å². The minimum absolute atomic E-state index is 0.288. The fourth-order valence-corrected chi connectivity index (χ4v) is 1.33. The van der Waals surface area contributed by atoms with Crippen molar-refractivity contribution in [3.8, 4) is 5.75 Å². The molecule has 1 N–H and O–H groups in total. The van der Waals surface area contributed by atoms with Crippen LogP contribution in [0, 0.1) is 0 Å². The first-order valence-corrected chi connectivity index (χ1v) is 6.70. The first kappa shape index (κ1) is 17.4. The minimum Gasteiger partial charge on any atom is -0.482 e. The van der Waals surface area contributed by atoms with Crippen molar-refractivity contribution in [3.63, 3.8) is 0 Å². The SMILES string of the molecule is CC[N+](C)(CC)CC.O=C(O)COc1ccccc1. The van der Waals surface area contributed by atoms with Crippen LogP contribution in [-0.4, -0.2) is 48.8 Å². The number of aliphatic carboxylic acids is 1. The second-order valence-electron chi connectivity index (χ2n) is 4.56. The molecule has 0 saturated carbocycles. The van der Waals surface area contributed by atoms with E-state index in [9.17, 15) is 4.79 Å². The molecule has 0 fully saturated rings. The Kier molecular flexibility index (Phi) is 8.62. The second-order valence-corrected chi connectivity index (χ2v) is 4.56. The molecule has 0 atom stereocenters. The van der Waals surface area contributed by atoms with Crippen LogP contribution in [0.4, 0.5) is 0 Å². The van der Waals surface area contributed by atoms with Crippen LogP contribution in [0.15, 0.2) is 30.3 Å². The van der Waals surface area contributed by atoms with Crippen molar-refractivity contribution in [2.75, 3.05) is 33.3 Å². The number of carboxylic acids is 1. The van der Waals surface area contributed by atoms with Crippen LogP contribution in [0.5, 0.6) is 5.75 Å². The molecule has 0 radical (unpaired) electrons. The Morgan fingerprint density at radius 3 is 1.89 bits per heavy atom. The van der Waals surface area contributed by atoms with Gasteiger partial charge in [-0.2, -0.15) is 0 Å². The van der Waals surface area contributed by atoms with Gasteiger partial charge in [-0.1, -0.05) is 18.2 Å². The highest BCUT2D eigenvalue weighted by Crippen LogP contribution is 2.07. The van der Waals surface area contributed by atoms with Crippen LogP contribution < -0.4 is 4.74 Å². The molecule has 1 aromatic carbocycles. The second kappa shape index (κ2) is 9.39. The zero-order chi connectivity index (χ0) is 14.7. The van der Waals surface area contributed by atoms with E-state index < -0.39 is 5.97 Å². The number of hydrogen-bond acceptors (Lipinski definition) is 2. The first-order valence-electron chi connectivity index (χ1n) is 6.70. The van der Waals surface area contributed by atoms with E-state index in [0.29, 0.717) is 5.75 Å². The first-order chi connectivity index (χ1) is 8.97. The molecule has 1 rings (SSSR count). The van der Waals surface area contributed by atoms with Gasteiger partial charge in [0.25, 0.3) is 0 Å². The number of nitrogens with zero attached hydrogens (tertiary/aromatic N) is 1. The zero-order valence-electron chi connectivity index (χ0n) is 12.4. The summed E-state index contributed by atoms with van der Waals surface area (Å²) in [7, 11) is 2.29. The monoisotopic (exact) mass is 268 g/mol. The van der Waals surface area contributed by atoms with E-state index >= 15 is 0 Å². The summed E-state index contributed by atoms with van der Waals surface area (Å²) in [5.74, 6) is -0.385. The van der Waals surface area contributed by atoms with Gasteiger partial charge in [0.05, 0.1) is 26.7 Å². The van der Waals surface area contributed by atoms with Gasteiger partial charge in [-0.25, -0.2) is 4.79 Å². The fourth-order valence-electron chi connectivity index (χ4n) is 1.33. The van der Waals surface area contributed by atoms with Crippen molar-refractivity contribution in [2.45, 2.75) is 20.8 Å². The number of quaternary nitrogens is 1. The molecule has 4 nitrogen and oxygen atoms in total. The van der Waals surface area contributed by atoms with Crippen molar-refractivity contribution in [1.82, 2.24) is 0 Å². The van der Waals surface area contributed by atoms with E-state index in [1.165, 1.54) is 24.1 Å². The standard InChI is InChI=1S/C8H8O3.C7H18N/c9-8(10)6-11-7-4-2-1-3-5-7;1-5-8(4,6-2)7-3/h1-5H,6H2,(H,9,10);5-7H2,1-4H3/q;+1. The molecule has 0 heterocycles. The van der Waals surface area contributed by atoms with E-state index in [4.69, 9.17) is 9.84 Å². The summed E-state index contributed by atoms with van der Waals surface area (Å²) in [6.45, 7) is 10.2. The highest BCUT2D eigenvalue weighted by Gasteiger charge is 2.10. The van der Waals surface area contributed by atoms with Gasteiger partial charge >= 0.3 is 5.97 Å². The molecule has 0 spiro atoms. The molecule has 0 aliphatic heterocycles. The number of benzene rings is 1. The molecule has 0 aliphatic rings. The lowest BCUT2D eigenvalue weighted by Crippen LogP contribution is -2.42. The summed E-state index contributed by atoms with van der Waals surface area (Å²) < 4.78 is 6.08. The third-order valence-electron chi connectivity index (χ3n) is 3.40. The summed E-state index contributed by atoms with van der Waals surface area (Å²) in [4.78, 5) is 10.0. The van der Waals surface area contributed by atoms with Crippen molar-refractivity contribution in [2.24, 2.45) is 0 Å². The number of rotatable bonds is 6. The van der Waals surface area contributed by atoms with Crippen molar-refractivity contribution < 1.29 is 19.1 Å². The summed E-state index contributed by atoms with van der Waals surface area (Å²) in [6.07, 6.45) is 0. The van der Waals surface area contributed by atoms with Crippen LogP contribution in [0.2, 0.25) is 0 Å². The minimum atomic E-state index is -0.964. The number of para-hydroxylation sites is 1. The molecule has 0 aromatic heterocycles. The van der Waals surface area contributed by atoms with Crippen LogP contribution in [0.3, 0.4) is 0 Å². The normalized spacial score (nSPS) is 10.3. The summed E-state index contributed by atoms with van der Waals surface area (Å²) in [5.41, 5.74) is 0. The van der Waals surface area contributed by atoms with Crippen molar-refractivity contribution in [1.29, 1.82) is 0 Å². The van der Waals surface area contributed by atoms with Gasteiger partial charge in [0.2, 0.25) is 0 Å². The fraction of sp³-hybridized carbons (Fsp3) is 0.533. The van der Waals surface area contributed by atoms with E-state index in [1.54, 1.807) is 24.3 Å². The lowest BCUT2D eigenvalue weighted by atomic mass is 10.3. The number of carboxylic acid groups (broad SMARTS) is 1. The van der Waals surface area contributed by atoms with Gasteiger partial charge in [-0.05, 0) is 32.9 Å².